The number of allylic oxidation sites excluding steroid dienone is 1. The molecule has 0 saturated carbocycles. The highest BCUT2D eigenvalue weighted by molar-refractivity contribution is 9.10. The summed E-state index contributed by atoms with van der Waals surface area (Å²) in [6, 6.07) is 17.8. The lowest BCUT2D eigenvalue weighted by molar-refractivity contribution is -0.138. The highest BCUT2D eigenvalue weighted by atomic mass is 79.9. The molecule has 0 atom stereocenters. The average molecular weight is 519 g/mol. The molecule has 174 valence electrons. The summed E-state index contributed by atoms with van der Waals surface area (Å²) in [6.07, 6.45) is 1.81. The second-order valence-corrected chi connectivity index (χ2v) is 9.27. The Morgan fingerprint density at radius 2 is 1.71 bits per heavy atom. The fraction of sp³-hybridized carbons (Fsp3) is 0.214. The van der Waals surface area contributed by atoms with Crippen molar-refractivity contribution in [3.05, 3.63) is 98.4 Å². The van der Waals surface area contributed by atoms with E-state index in [1.807, 2.05) is 81.4 Å². The number of halogens is 1. The van der Waals surface area contributed by atoms with Crippen LogP contribution in [0.3, 0.4) is 0 Å². The first-order valence-electron chi connectivity index (χ1n) is 11.2. The van der Waals surface area contributed by atoms with E-state index in [1.54, 1.807) is 18.7 Å². The standard InChI is InChI=1S/C28H27BrN2O3/c1-6-34-28(33)26-20(5)31(23-12-10-17(2)11-13-23)27(32)25(26)15-21-14-18(3)30(19(21)4)24-9-7-8-22(29)16-24/h7-16H,6H2,1-5H3/b25-15-. The number of aromatic nitrogens is 1. The smallest absolute Gasteiger partial charge is 0.340 e. The van der Waals surface area contributed by atoms with Gasteiger partial charge >= 0.3 is 5.97 Å². The number of rotatable bonds is 5. The van der Waals surface area contributed by atoms with E-state index in [4.69, 9.17) is 4.74 Å². The van der Waals surface area contributed by atoms with Crippen LogP contribution in [0, 0.1) is 20.8 Å². The molecule has 6 heteroatoms. The monoisotopic (exact) mass is 518 g/mol. The molecule has 1 aromatic heterocycles. The summed E-state index contributed by atoms with van der Waals surface area (Å²) in [5.41, 5.74) is 6.93. The van der Waals surface area contributed by atoms with E-state index in [2.05, 4.69) is 20.5 Å². The molecule has 2 aromatic carbocycles. The number of benzene rings is 2. The largest absolute Gasteiger partial charge is 0.462 e. The first-order chi connectivity index (χ1) is 16.2. The molecule has 0 fully saturated rings. The van der Waals surface area contributed by atoms with Crippen LogP contribution in [0.25, 0.3) is 11.8 Å². The summed E-state index contributed by atoms with van der Waals surface area (Å²) < 4.78 is 8.45. The van der Waals surface area contributed by atoms with Crippen molar-refractivity contribution in [2.45, 2.75) is 34.6 Å². The molecule has 0 bridgehead atoms. The summed E-state index contributed by atoms with van der Waals surface area (Å²) in [6.45, 7) is 9.82. The van der Waals surface area contributed by atoms with Crippen molar-refractivity contribution in [2.24, 2.45) is 0 Å². The summed E-state index contributed by atoms with van der Waals surface area (Å²) in [5.74, 6) is -0.730. The number of aryl methyl sites for hydroxylation is 2. The minimum atomic E-state index is -0.491. The van der Waals surface area contributed by atoms with Gasteiger partial charge in [0.1, 0.15) is 0 Å². The summed E-state index contributed by atoms with van der Waals surface area (Å²) in [4.78, 5) is 28.2. The molecule has 1 aliphatic heterocycles. The highest BCUT2D eigenvalue weighted by Gasteiger charge is 2.38. The molecule has 3 aromatic rings. The number of anilines is 1. The lowest BCUT2D eigenvalue weighted by Gasteiger charge is -2.18. The molecule has 5 nitrogen and oxygen atoms in total. The topological polar surface area (TPSA) is 51.5 Å². The van der Waals surface area contributed by atoms with Crippen LogP contribution < -0.4 is 4.90 Å². The minimum Gasteiger partial charge on any atom is -0.462 e. The Morgan fingerprint density at radius 1 is 1.00 bits per heavy atom. The second kappa shape index (κ2) is 9.47. The van der Waals surface area contributed by atoms with Crippen LogP contribution in [0.5, 0.6) is 0 Å². The van der Waals surface area contributed by atoms with Gasteiger partial charge in [0, 0.05) is 32.9 Å². The van der Waals surface area contributed by atoms with Gasteiger partial charge in [-0.3, -0.25) is 9.69 Å². The highest BCUT2D eigenvalue weighted by Crippen LogP contribution is 2.36. The lowest BCUT2D eigenvalue weighted by Crippen LogP contribution is -2.24. The van der Waals surface area contributed by atoms with Gasteiger partial charge in [0.05, 0.1) is 17.8 Å². The first-order valence-corrected chi connectivity index (χ1v) is 12.0. The number of amides is 1. The normalized spacial score (nSPS) is 14.9. The molecular formula is C28H27BrN2O3. The van der Waals surface area contributed by atoms with Crippen LogP contribution in [-0.2, 0) is 14.3 Å². The third kappa shape index (κ3) is 4.26. The zero-order valence-corrected chi connectivity index (χ0v) is 21.6. The molecular weight excluding hydrogens is 492 g/mol. The maximum atomic E-state index is 13.6. The van der Waals surface area contributed by atoms with Crippen molar-refractivity contribution in [3.63, 3.8) is 0 Å². The third-order valence-electron chi connectivity index (χ3n) is 6.01. The molecule has 0 unspecified atom stereocenters. The van der Waals surface area contributed by atoms with E-state index in [0.29, 0.717) is 16.8 Å². The minimum absolute atomic E-state index is 0.235. The van der Waals surface area contributed by atoms with Crippen molar-refractivity contribution in [1.82, 2.24) is 4.57 Å². The molecule has 1 amide bonds. The van der Waals surface area contributed by atoms with Gasteiger partial charge in [-0.25, -0.2) is 4.79 Å². The maximum Gasteiger partial charge on any atom is 0.340 e. The van der Waals surface area contributed by atoms with E-state index < -0.39 is 5.97 Å². The summed E-state index contributed by atoms with van der Waals surface area (Å²) in [7, 11) is 0. The fourth-order valence-corrected chi connectivity index (χ4v) is 4.77. The van der Waals surface area contributed by atoms with Crippen molar-refractivity contribution in [2.75, 3.05) is 11.5 Å². The molecule has 0 spiro atoms. The number of carbonyl (C=O) groups excluding carboxylic acids is 2. The van der Waals surface area contributed by atoms with E-state index in [-0.39, 0.29) is 12.5 Å². The SMILES string of the molecule is CCOC(=O)C1=C(C)N(c2ccc(C)cc2)C(=O)/C1=C\c1cc(C)n(-c2cccc(Br)c2)c1C. The molecule has 34 heavy (non-hydrogen) atoms. The number of nitrogens with zero attached hydrogens (tertiary/aromatic N) is 2. The molecule has 4 rings (SSSR count). The second-order valence-electron chi connectivity index (χ2n) is 8.36. The molecule has 1 aliphatic rings. The van der Waals surface area contributed by atoms with Crippen LogP contribution in [0.4, 0.5) is 5.69 Å². The van der Waals surface area contributed by atoms with E-state index in [1.165, 1.54) is 0 Å². The third-order valence-corrected chi connectivity index (χ3v) is 6.50. The first kappa shape index (κ1) is 23.8. The van der Waals surface area contributed by atoms with Crippen molar-refractivity contribution < 1.29 is 14.3 Å². The van der Waals surface area contributed by atoms with Gasteiger partial charge in [-0.1, -0.05) is 39.7 Å². The van der Waals surface area contributed by atoms with Crippen molar-refractivity contribution >= 4 is 39.6 Å². The Balaban J connectivity index is 1.85. The Morgan fingerprint density at radius 3 is 2.35 bits per heavy atom. The lowest BCUT2D eigenvalue weighted by atomic mass is 10.0. The summed E-state index contributed by atoms with van der Waals surface area (Å²) in [5, 5.41) is 0. The van der Waals surface area contributed by atoms with Crippen LogP contribution >= 0.6 is 15.9 Å². The average Bonchev–Trinajstić information content (AvgIpc) is 3.20. The van der Waals surface area contributed by atoms with Crippen LogP contribution in [-0.4, -0.2) is 23.1 Å². The zero-order valence-electron chi connectivity index (χ0n) is 20.0. The Bertz CT molecular complexity index is 1350. The number of esters is 1. The molecule has 0 saturated heterocycles. The molecule has 0 aliphatic carbocycles. The van der Waals surface area contributed by atoms with Gasteiger partial charge in [-0.15, -0.1) is 0 Å². The number of carbonyl (C=O) groups is 2. The zero-order chi connectivity index (χ0) is 24.6. The summed E-state index contributed by atoms with van der Waals surface area (Å²) >= 11 is 3.54. The predicted octanol–water partition coefficient (Wildman–Crippen LogP) is 6.43. The molecule has 0 N–H and O–H groups in total. The van der Waals surface area contributed by atoms with Gasteiger partial charge in [0.15, 0.2) is 0 Å². The van der Waals surface area contributed by atoms with Gasteiger partial charge in [0.2, 0.25) is 0 Å². The Hall–Kier alpha value is -3.38. The van der Waals surface area contributed by atoms with Gasteiger partial charge in [-0.05, 0) is 82.7 Å². The fourth-order valence-electron chi connectivity index (χ4n) is 4.39. The van der Waals surface area contributed by atoms with Crippen molar-refractivity contribution in [1.29, 1.82) is 0 Å². The van der Waals surface area contributed by atoms with E-state index in [0.717, 1.165) is 38.4 Å². The van der Waals surface area contributed by atoms with Crippen LogP contribution in [0.1, 0.15) is 36.4 Å². The number of ether oxygens (including phenoxy) is 1. The van der Waals surface area contributed by atoms with Gasteiger partial charge in [0.25, 0.3) is 5.91 Å². The van der Waals surface area contributed by atoms with Gasteiger partial charge < -0.3 is 9.30 Å². The molecule has 2 heterocycles. The number of hydrogen-bond donors (Lipinski definition) is 0. The van der Waals surface area contributed by atoms with E-state index in [9.17, 15) is 9.59 Å². The van der Waals surface area contributed by atoms with Crippen LogP contribution in [0.2, 0.25) is 0 Å². The quantitative estimate of drug-likeness (QED) is 0.288. The Labute approximate surface area is 208 Å². The van der Waals surface area contributed by atoms with Crippen LogP contribution in [0.15, 0.2) is 75.9 Å². The maximum absolute atomic E-state index is 13.6. The Kier molecular flexibility index (Phi) is 6.62. The number of hydrogen-bond acceptors (Lipinski definition) is 3. The van der Waals surface area contributed by atoms with Crippen molar-refractivity contribution in [3.8, 4) is 5.69 Å². The van der Waals surface area contributed by atoms with E-state index >= 15 is 0 Å². The molecule has 0 radical (unpaired) electrons. The van der Waals surface area contributed by atoms with Gasteiger partial charge in [-0.2, -0.15) is 0 Å². The predicted molar refractivity (Wildman–Crippen MR) is 139 cm³/mol.